The fraction of sp³-hybridized carbons (Fsp3) is 0.571. The van der Waals surface area contributed by atoms with E-state index in [9.17, 15) is 8.78 Å². The zero-order valence-electron chi connectivity index (χ0n) is 11.4. The van der Waals surface area contributed by atoms with Crippen molar-refractivity contribution < 1.29 is 13.9 Å². The minimum Gasteiger partial charge on any atom is -0.399 e. The Hall–Kier alpha value is -1.36. The monoisotopic (exact) mass is 272 g/mol. The number of hydrogen-bond acceptors (Lipinski definition) is 3. The fourth-order valence-electron chi connectivity index (χ4n) is 1.90. The first-order valence-corrected chi connectivity index (χ1v) is 6.38. The Morgan fingerprint density at radius 2 is 2.05 bits per heavy atom. The number of nitrogens with two attached hydrogens (primary N) is 1. The Morgan fingerprint density at radius 1 is 1.37 bits per heavy atom. The van der Waals surface area contributed by atoms with Crippen LogP contribution in [0.5, 0.6) is 0 Å². The lowest BCUT2D eigenvalue weighted by atomic mass is 9.87. The number of anilines is 2. The summed E-state index contributed by atoms with van der Waals surface area (Å²) in [6.45, 7) is 4.79. The third kappa shape index (κ3) is 5.03. The van der Waals surface area contributed by atoms with Gasteiger partial charge >= 0.3 is 0 Å². The molecule has 1 aromatic rings. The van der Waals surface area contributed by atoms with Crippen molar-refractivity contribution in [3.63, 3.8) is 0 Å². The molecule has 0 fully saturated rings. The van der Waals surface area contributed by atoms with Crippen LogP contribution >= 0.6 is 0 Å². The number of nitrogen functional groups attached to an aromatic ring is 1. The van der Waals surface area contributed by atoms with Gasteiger partial charge in [0.25, 0.3) is 6.43 Å². The van der Waals surface area contributed by atoms with Gasteiger partial charge in [0.2, 0.25) is 0 Å². The van der Waals surface area contributed by atoms with E-state index in [2.05, 4.69) is 5.32 Å². The molecule has 0 spiro atoms. The molecular weight excluding hydrogens is 250 g/mol. The first kappa shape index (κ1) is 15.7. The molecule has 19 heavy (non-hydrogen) atoms. The molecule has 0 bridgehead atoms. The van der Waals surface area contributed by atoms with E-state index in [-0.39, 0.29) is 17.6 Å². The molecule has 108 valence electrons. The number of benzene rings is 1. The molecule has 1 aromatic carbocycles. The average Bonchev–Trinajstić information content (AvgIpc) is 2.35. The van der Waals surface area contributed by atoms with E-state index < -0.39 is 6.43 Å². The highest BCUT2D eigenvalue weighted by molar-refractivity contribution is 5.58. The topological polar surface area (TPSA) is 58.3 Å². The van der Waals surface area contributed by atoms with Gasteiger partial charge in [-0.1, -0.05) is 13.8 Å². The van der Waals surface area contributed by atoms with Crippen molar-refractivity contribution in [1.29, 1.82) is 0 Å². The van der Waals surface area contributed by atoms with E-state index in [0.717, 1.165) is 6.42 Å². The van der Waals surface area contributed by atoms with Gasteiger partial charge in [0, 0.05) is 30.1 Å². The summed E-state index contributed by atoms with van der Waals surface area (Å²) in [5.41, 5.74) is 6.14. The summed E-state index contributed by atoms with van der Waals surface area (Å²) < 4.78 is 25.8. The Kier molecular flexibility index (Phi) is 5.54. The first-order valence-electron chi connectivity index (χ1n) is 6.38. The second-order valence-electron chi connectivity index (χ2n) is 5.49. The van der Waals surface area contributed by atoms with Gasteiger partial charge in [-0.2, -0.15) is 0 Å². The van der Waals surface area contributed by atoms with Crippen molar-refractivity contribution in [2.24, 2.45) is 5.41 Å². The maximum atomic E-state index is 12.9. The van der Waals surface area contributed by atoms with Crippen molar-refractivity contribution in [2.75, 3.05) is 24.2 Å². The molecular formula is C14H22F2N2O. The van der Waals surface area contributed by atoms with Gasteiger partial charge in [-0.15, -0.1) is 0 Å². The minimum absolute atomic E-state index is 0.0660. The van der Waals surface area contributed by atoms with Crippen LogP contribution in [0.1, 0.15) is 38.7 Å². The predicted octanol–water partition coefficient (Wildman–Crippen LogP) is 3.42. The molecule has 0 unspecified atom stereocenters. The van der Waals surface area contributed by atoms with Crippen LogP contribution in [-0.2, 0) is 0 Å². The van der Waals surface area contributed by atoms with Crippen LogP contribution in [0.25, 0.3) is 0 Å². The minimum atomic E-state index is -2.55. The molecule has 0 radical (unpaired) electrons. The van der Waals surface area contributed by atoms with E-state index in [1.807, 2.05) is 13.8 Å². The Morgan fingerprint density at radius 3 is 2.63 bits per heavy atom. The summed E-state index contributed by atoms with van der Waals surface area (Å²) in [4.78, 5) is 0. The summed E-state index contributed by atoms with van der Waals surface area (Å²) in [7, 11) is 0. The van der Waals surface area contributed by atoms with Crippen LogP contribution in [-0.4, -0.2) is 18.3 Å². The normalized spacial score (nSPS) is 11.9. The zero-order valence-corrected chi connectivity index (χ0v) is 11.4. The van der Waals surface area contributed by atoms with Crippen LogP contribution in [0.3, 0.4) is 0 Å². The van der Waals surface area contributed by atoms with Gasteiger partial charge in [0.05, 0.1) is 0 Å². The van der Waals surface area contributed by atoms with Gasteiger partial charge in [0.1, 0.15) is 0 Å². The molecule has 0 heterocycles. The van der Waals surface area contributed by atoms with Gasteiger partial charge in [-0.25, -0.2) is 8.78 Å². The van der Waals surface area contributed by atoms with Crippen LogP contribution in [0.2, 0.25) is 0 Å². The molecule has 0 aromatic heterocycles. The number of rotatable bonds is 7. The number of aliphatic hydroxyl groups excluding tert-OH is 1. The van der Waals surface area contributed by atoms with E-state index in [0.29, 0.717) is 24.3 Å². The van der Waals surface area contributed by atoms with Crippen molar-refractivity contribution in [1.82, 2.24) is 0 Å². The Labute approximate surface area is 112 Å². The first-order chi connectivity index (χ1) is 8.85. The molecule has 0 saturated heterocycles. The number of nitrogens with one attached hydrogen (secondary N) is 1. The molecule has 3 nitrogen and oxygen atoms in total. The summed E-state index contributed by atoms with van der Waals surface area (Å²) in [5, 5.41) is 11.9. The quantitative estimate of drug-likeness (QED) is 0.667. The van der Waals surface area contributed by atoms with Crippen molar-refractivity contribution >= 4 is 11.4 Å². The highest BCUT2D eigenvalue weighted by atomic mass is 19.3. The van der Waals surface area contributed by atoms with Crippen LogP contribution in [0, 0.1) is 5.41 Å². The maximum Gasteiger partial charge on any atom is 0.265 e. The molecule has 5 heteroatoms. The highest BCUT2D eigenvalue weighted by Gasteiger charge is 2.19. The fourth-order valence-corrected chi connectivity index (χ4v) is 1.90. The smallest absolute Gasteiger partial charge is 0.265 e. The van der Waals surface area contributed by atoms with E-state index in [1.54, 1.807) is 12.1 Å². The third-order valence-corrected chi connectivity index (χ3v) is 3.08. The number of halogens is 2. The number of alkyl halides is 2. The third-order valence-electron chi connectivity index (χ3n) is 3.08. The lowest BCUT2D eigenvalue weighted by Crippen LogP contribution is -2.24. The van der Waals surface area contributed by atoms with E-state index in [4.69, 9.17) is 10.8 Å². The Bertz CT molecular complexity index is 408. The molecule has 0 aliphatic rings. The summed E-state index contributed by atoms with van der Waals surface area (Å²) >= 11 is 0. The molecule has 4 N–H and O–H groups in total. The van der Waals surface area contributed by atoms with Crippen molar-refractivity contribution in [3.05, 3.63) is 23.8 Å². The van der Waals surface area contributed by atoms with Gasteiger partial charge in [-0.3, -0.25) is 0 Å². The zero-order chi connectivity index (χ0) is 14.5. The van der Waals surface area contributed by atoms with E-state index >= 15 is 0 Å². The van der Waals surface area contributed by atoms with Crippen molar-refractivity contribution in [2.45, 2.75) is 33.1 Å². The standard InChI is InChI=1S/C14H22F2N2O/c1-14(2,6-3-7-19)9-18-12-5-4-10(17)8-11(12)13(15)16/h4-5,8,13,18-19H,3,6-7,9,17H2,1-2H3. The number of aliphatic hydroxyl groups is 1. The SMILES string of the molecule is CC(C)(CCCO)CNc1ccc(N)cc1C(F)F. The lowest BCUT2D eigenvalue weighted by Gasteiger charge is -2.26. The number of hydrogen-bond donors (Lipinski definition) is 3. The molecule has 0 saturated carbocycles. The van der Waals surface area contributed by atoms with Crippen LogP contribution < -0.4 is 11.1 Å². The molecule has 0 atom stereocenters. The Balaban J connectivity index is 2.72. The predicted molar refractivity (Wildman–Crippen MR) is 74.4 cm³/mol. The largest absolute Gasteiger partial charge is 0.399 e. The second-order valence-corrected chi connectivity index (χ2v) is 5.49. The van der Waals surface area contributed by atoms with Gasteiger partial charge in [-0.05, 0) is 36.5 Å². The second kappa shape index (κ2) is 6.70. The van der Waals surface area contributed by atoms with Gasteiger partial charge in [0.15, 0.2) is 0 Å². The molecule has 0 aliphatic heterocycles. The highest BCUT2D eigenvalue weighted by Crippen LogP contribution is 2.30. The van der Waals surface area contributed by atoms with Crippen LogP contribution in [0.4, 0.5) is 20.2 Å². The van der Waals surface area contributed by atoms with Crippen LogP contribution in [0.15, 0.2) is 18.2 Å². The molecule has 1 rings (SSSR count). The summed E-state index contributed by atoms with van der Waals surface area (Å²) in [6, 6.07) is 4.49. The molecule has 0 amide bonds. The van der Waals surface area contributed by atoms with E-state index in [1.165, 1.54) is 6.07 Å². The van der Waals surface area contributed by atoms with Crippen molar-refractivity contribution in [3.8, 4) is 0 Å². The maximum absolute atomic E-state index is 12.9. The summed E-state index contributed by atoms with van der Waals surface area (Å²) in [5.74, 6) is 0. The molecule has 0 aliphatic carbocycles. The average molecular weight is 272 g/mol. The van der Waals surface area contributed by atoms with Gasteiger partial charge < -0.3 is 16.2 Å². The summed E-state index contributed by atoms with van der Waals surface area (Å²) in [6.07, 6.45) is -1.01. The lowest BCUT2D eigenvalue weighted by molar-refractivity contribution is 0.152.